The largest absolute Gasteiger partial charge is 0.454 e. The lowest BCUT2D eigenvalue weighted by molar-refractivity contribution is -0.0885. The predicted octanol–water partition coefficient (Wildman–Crippen LogP) is 2.23. The Labute approximate surface area is 66.8 Å². The monoisotopic (exact) mass is 173 g/mol. The van der Waals surface area contributed by atoms with E-state index in [2.05, 4.69) is 6.07 Å². The summed E-state index contributed by atoms with van der Waals surface area (Å²) in [5.74, 6) is -1.83. The molecule has 0 unspecified atom stereocenters. The van der Waals surface area contributed by atoms with Crippen LogP contribution in [-0.4, -0.2) is 12.0 Å². The number of ketones is 1. The summed E-state index contributed by atoms with van der Waals surface area (Å²) >= 11 is 0. The molecule has 1 nitrogen and oxygen atoms in total. The van der Waals surface area contributed by atoms with Gasteiger partial charge in [0, 0.05) is 5.56 Å². The molecule has 0 amide bonds. The van der Waals surface area contributed by atoms with Gasteiger partial charge in [0.15, 0.2) is 0 Å². The lowest BCUT2D eigenvalue weighted by Gasteiger charge is -2.03. The fourth-order valence-electron chi connectivity index (χ4n) is 0.698. The van der Waals surface area contributed by atoms with Crippen LogP contribution in [0.5, 0.6) is 0 Å². The minimum Gasteiger partial charge on any atom is -0.284 e. The Morgan fingerprint density at radius 2 is 2.08 bits per heavy atom. The number of hydrogen-bond donors (Lipinski definition) is 0. The van der Waals surface area contributed by atoms with E-state index in [1.807, 2.05) is 0 Å². The summed E-state index contributed by atoms with van der Waals surface area (Å²) in [6.45, 7) is 0. The Hall–Kier alpha value is -1.32. The van der Waals surface area contributed by atoms with Crippen molar-refractivity contribution in [3.8, 4) is 0 Å². The van der Waals surface area contributed by atoms with Crippen molar-refractivity contribution in [1.29, 1.82) is 0 Å². The van der Waals surface area contributed by atoms with E-state index in [0.29, 0.717) is 0 Å². The molecule has 4 heteroatoms. The standard InChI is InChI=1S/C8H4F3O/c9-8(10,11)7(12)6-4-2-1-3-5-6/h1-2,4-5H. The van der Waals surface area contributed by atoms with Crippen LogP contribution in [0.4, 0.5) is 13.2 Å². The maximum Gasteiger partial charge on any atom is 0.454 e. The molecule has 1 radical (unpaired) electrons. The molecule has 0 fully saturated rings. The van der Waals surface area contributed by atoms with Crippen molar-refractivity contribution in [3.63, 3.8) is 0 Å². The first-order chi connectivity index (χ1) is 5.52. The van der Waals surface area contributed by atoms with Gasteiger partial charge in [-0.15, -0.1) is 0 Å². The number of hydrogen-bond acceptors (Lipinski definition) is 1. The van der Waals surface area contributed by atoms with Crippen LogP contribution in [0.1, 0.15) is 10.4 Å². The fourth-order valence-corrected chi connectivity index (χ4v) is 0.698. The molecule has 0 aromatic heterocycles. The highest BCUT2D eigenvalue weighted by Crippen LogP contribution is 2.20. The van der Waals surface area contributed by atoms with Gasteiger partial charge in [0.1, 0.15) is 0 Å². The maximum absolute atomic E-state index is 11.8. The van der Waals surface area contributed by atoms with Crippen LogP contribution in [0.3, 0.4) is 0 Å². The van der Waals surface area contributed by atoms with E-state index in [9.17, 15) is 18.0 Å². The van der Waals surface area contributed by atoms with Crippen molar-refractivity contribution < 1.29 is 18.0 Å². The smallest absolute Gasteiger partial charge is 0.284 e. The third kappa shape index (κ3) is 1.84. The number of halogens is 3. The van der Waals surface area contributed by atoms with E-state index < -0.39 is 12.0 Å². The quantitative estimate of drug-likeness (QED) is 0.595. The van der Waals surface area contributed by atoms with E-state index in [0.717, 1.165) is 12.1 Å². The molecule has 0 N–H and O–H groups in total. The molecule has 0 saturated heterocycles. The Kier molecular flexibility index (Phi) is 2.17. The second-order valence-electron chi connectivity index (χ2n) is 2.12. The summed E-state index contributed by atoms with van der Waals surface area (Å²) in [6, 6.07) is 7.26. The number of Topliss-reactive ketones (excluding diaryl/α,β-unsaturated/α-hetero) is 1. The molecule has 0 aliphatic carbocycles. The van der Waals surface area contributed by atoms with Crippen LogP contribution in [0.25, 0.3) is 0 Å². The van der Waals surface area contributed by atoms with Gasteiger partial charge in [0.25, 0.3) is 5.78 Å². The third-order valence-electron chi connectivity index (χ3n) is 1.23. The minimum absolute atomic E-state index is 0.384. The van der Waals surface area contributed by atoms with Gasteiger partial charge in [-0.1, -0.05) is 18.2 Å². The number of alkyl halides is 3. The normalized spacial score (nSPS) is 11.2. The molecule has 0 bridgehead atoms. The highest BCUT2D eigenvalue weighted by atomic mass is 19.4. The molecular weight excluding hydrogens is 169 g/mol. The molecule has 63 valence electrons. The summed E-state index contributed by atoms with van der Waals surface area (Å²) in [5, 5.41) is 0. The lowest BCUT2D eigenvalue weighted by atomic mass is 10.1. The SMILES string of the molecule is O=C(c1c[c]ccc1)C(F)(F)F. The molecule has 0 saturated carbocycles. The second kappa shape index (κ2) is 2.97. The number of carbonyl (C=O) groups excluding carboxylic acids is 1. The Bertz CT molecular complexity index is 276. The van der Waals surface area contributed by atoms with Crippen LogP contribution >= 0.6 is 0 Å². The van der Waals surface area contributed by atoms with E-state index in [1.165, 1.54) is 12.1 Å². The first kappa shape index (κ1) is 8.77. The van der Waals surface area contributed by atoms with E-state index >= 15 is 0 Å². The molecule has 0 aliphatic rings. The molecule has 12 heavy (non-hydrogen) atoms. The molecule has 1 aromatic carbocycles. The number of carbonyl (C=O) groups is 1. The van der Waals surface area contributed by atoms with Gasteiger partial charge in [0.05, 0.1) is 0 Å². The van der Waals surface area contributed by atoms with Gasteiger partial charge in [-0.25, -0.2) is 0 Å². The topological polar surface area (TPSA) is 17.1 Å². The van der Waals surface area contributed by atoms with Crippen molar-refractivity contribution in [3.05, 3.63) is 35.9 Å². The lowest BCUT2D eigenvalue weighted by Crippen LogP contribution is -2.22. The van der Waals surface area contributed by atoms with Crippen LogP contribution in [-0.2, 0) is 0 Å². The zero-order chi connectivity index (χ0) is 9.19. The highest BCUT2D eigenvalue weighted by molar-refractivity contribution is 6.00. The van der Waals surface area contributed by atoms with Crippen molar-refractivity contribution in [2.24, 2.45) is 0 Å². The van der Waals surface area contributed by atoms with Gasteiger partial charge in [0.2, 0.25) is 0 Å². The summed E-state index contributed by atoms with van der Waals surface area (Å²) in [6.07, 6.45) is -4.80. The predicted molar refractivity (Wildman–Crippen MR) is 35.7 cm³/mol. The van der Waals surface area contributed by atoms with Gasteiger partial charge in [-0.05, 0) is 12.1 Å². The van der Waals surface area contributed by atoms with Gasteiger partial charge in [-0.3, -0.25) is 4.79 Å². The van der Waals surface area contributed by atoms with Crippen molar-refractivity contribution in [1.82, 2.24) is 0 Å². The third-order valence-corrected chi connectivity index (χ3v) is 1.23. The maximum atomic E-state index is 11.8. The summed E-state index contributed by atoms with van der Waals surface area (Å²) in [7, 11) is 0. The van der Waals surface area contributed by atoms with Crippen LogP contribution in [0.15, 0.2) is 24.3 Å². The Balaban J connectivity index is 2.94. The Morgan fingerprint density at radius 1 is 1.42 bits per heavy atom. The molecule has 0 heterocycles. The molecule has 1 aromatic rings. The summed E-state index contributed by atoms with van der Waals surface area (Å²) in [4.78, 5) is 10.5. The minimum atomic E-state index is -4.80. The first-order valence-electron chi connectivity index (χ1n) is 3.09. The van der Waals surface area contributed by atoms with Gasteiger partial charge < -0.3 is 0 Å². The van der Waals surface area contributed by atoms with Gasteiger partial charge >= 0.3 is 6.18 Å². The number of benzene rings is 1. The summed E-state index contributed by atoms with van der Waals surface area (Å²) in [5.41, 5.74) is -0.384. The zero-order valence-electron chi connectivity index (χ0n) is 5.85. The molecule has 0 spiro atoms. The zero-order valence-corrected chi connectivity index (χ0v) is 5.85. The molecular formula is C8H4F3O. The average Bonchev–Trinajstić information content (AvgIpc) is 2.03. The van der Waals surface area contributed by atoms with E-state index in [-0.39, 0.29) is 5.56 Å². The van der Waals surface area contributed by atoms with Crippen LogP contribution in [0.2, 0.25) is 0 Å². The van der Waals surface area contributed by atoms with E-state index in [4.69, 9.17) is 0 Å². The Morgan fingerprint density at radius 3 is 2.50 bits per heavy atom. The van der Waals surface area contributed by atoms with Crippen LogP contribution in [0, 0.1) is 6.07 Å². The van der Waals surface area contributed by atoms with E-state index in [1.54, 1.807) is 0 Å². The molecule has 1 rings (SSSR count). The molecule has 0 atom stereocenters. The second-order valence-corrected chi connectivity index (χ2v) is 2.12. The first-order valence-corrected chi connectivity index (χ1v) is 3.09. The van der Waals surface area contributed by atoms with Crippen molar-refractivity contribution in [2.45, 2.75) is 6.18 Å². The summed E-state index contributed by atoms with van der Waals surface area (Å²) < 4.78 is 35.3. The van der Waals surface area contributed by atoms with Crippen molar-refractivity contribution in [2.75, 3.05) is 0 Å². The fraction of sp³-hybridized carbons (Fsp3) is 0.125. The van der Waals surface area contributed by atoms with Crippen molar-refractivity contribution >= 4 is 5.78 Å². The van der Waals surface area contributed by atoms with Crippen LogP contribution < -0.4 is 0 Å². The number of rotatable bonds is 1. The van der Waals surface area contributed by atoms with Gasteiger partial charge in [-0.2, -0.15) is 13.2 Å². The average molecular weight is 173 g/mol. The highest BCUT2D eigenvalue weighted by Gasteiger charge is 2.38. The molecule has 0 aliphatic heterocycles.